The highest BCUT2D eigenvalue weighted by Crippen LogP contribution is 2.34. The van der Waals surface area contributed by atoms with E-state index < -0.39 is 10.2 Å². The highest BCUT2D eigenvalue weighted by Gasteiger charge is 2.29. The Labute approximate surface area is 138 Å². The number of rotatable bonds is 5. The van der Waals surface area contributed by atoms with Gasteiger partial charge in [0.2, 0.25) is 6.79 Å². The molecule has 1 aromatic carbocycles. The molecule has 1 aromatic rings. The molecule has 128 valence electrons. The molecule has 0 radical (unpaired) electrons. The van der Waals surface area contributed by atoms with Crippen molar-refractivity contribution in [3.05, 3.63) is 23.8 Å². The van der Waals surface area contributed by atoms with Gasteiger partial charge in [-0.25, -0.2) is 0 Å². The smallest absolute Gasteiger partial charge is 0.279 e. The number of hydrogen-bond donors (Lipinski definition) is 1. The van der Waals surface area contributed by atoms with E-state index in [-0.39, 0.29) is 18.9 Å². The molecule has 1 heterocycles. The lowest BCUT2D eigenvalue weighted by atomic mass is 9.96. The second-order valence-corrected chi connectivity index (χ2v) is 8.03. The van der Waals surface area contributed by atoms with E-state index in [0.29, 0.717) is 11.5 Å². The van der Waals surface area contributed by atoms with Crippen LogP contribution in [0.3, 0.4) is 0 Å². The first-order chi connectivity index (χ1) is 11.0. The monoisotopic (exact) mass is 340 g/mol. The molecule has 3 rings (SSSR count). The van der Waals surface area contributed by atoms with Gasteiger partial charge in [-0.3, -0.25) is 0 Å². The summed E-state index contributed by atoms with van der Waals surface area (Å²) >= 11 is 0. The Hall–Kier alpha value is -1.31. The Morgan fingerprint density at radius 2 is 1.87 bits per heavy atom. The van der Waals surface area contributed by atoms with Gasteiger partial charge in [0.1, 0.15) is 0 Å². The van der Waals surface area contributed by atoms with Gasteiger partial charge in [-0.15, -0.1) is 0 Å². The van der Waals surface area contributed by atoms with Crippen molar-refractivity contribution < 1.29 is 17.9 Å². The summed E-state index contributed by atoms with van der Waals surface area (Å²) in [5.41, 5.74) is 0.856. The fraction of sp³-hybridized carbons (Fsp3) is 0.625. The van der Waals surface area contributed by atoms with Gasteiger partial charge in [0.15, 0.2) is 11.5 Å². The molecule has 0 bridgehead atoms. The summed E-state index contributed by atoms with van der Waals surface area (Å²) in [5, 5.41) is 0. The van der Waals surface area contributed by atoms with E-state index in [1.807, 2.05) is 25.1 Å². The molecular formula is C16H24N2O4S. The SMILES string of the molecule is C[C@H](NS(=O)(=O)N(C)C1CCCCC1)c1ccc2c(c1)OCO2. The van der Waals surface area contributed by atoms with Crippen LogP contribution in [0.4, 0.5) is 0 Å². The van der Waals surface area contributed by atoms with Crippen LogP contribution in [0.25, 0.3) is 0 Å². The highest BCUT2D eigenvalue weighted by molar-refractivity contribution is 7.87. The van der Waals surface area contributed by atoms with E-state index in [0.717, 1.165) is 31.2 Å². The molecule has 0 amide bonds. The fourth-order valence-corrected chi connectivity index (χ4v) is 4.55. The predicted molar refractivity (Wildman–Crippen MR) is 87.7 cm³/mol. The first-order valence-corrected chi connectivity index (χ1v) is 9.56. The third-order valence-electron chi connectivity index (χ3n) is 4.69. The van der Waals surface area contributed by atoms with Gasteiger partial charge in [0, 0.05) is 19.1 Å². The summed E-state index contributed by atoms with van der Waals surface area (Å²) in [6.45, 7) is 2.05. The number of ether oxygens (including phenoxy) is 2. The molecule has 0 unspecified atom stereocenters. The molecule has 6 nitrogen and oxygen atoms in total. The molecule has 1 atom stereocenters. The van der Waals surface area contributed by atoms with Crippen molar-refractivity contribution in [2.24, 2.45) is 0 Å². The fourth-order valence-electron chi connectivity index (χ4n) is 3.20. The van der Waals surface area contributed by atoms with Gasteiger partial charge in [-0.2, -0.15) is 17.4 Å². The highest BCUT2D eigenvalue weighted by atomic mass is 32.2. The number of benzene rings is 1. The standard InChI is InChI=1S/C16H24N2O4S/c1-12(13-8-9-15-16(10-13)22-11-21-15)17-23(19,20)18(2)14-6-4-3-5-7-14/h8-10,12,14,17H,3-7,11H2,1-2H3/t12-/m0/s1. The minimum atomic E-state index is -3.51. The Bertz CT molecular complexity index is 656. The zero-order chi connectivity index (χ0) is 16.4. The van der Waals surface area contributed by atoms with Crippen LogP contribution < -0.4 is 14.2 Å². The van der Waals surface area contributed by atoms with Crippen molar-refractivity contribution in [1.29, 1.82) is 0 Å². The normalized spacial score (nSPS) is 20.0. The van der Waals surface area contributed by atoms with E-state index in [9.17, 15) is 8.42 Å². The van der Waals surface area contributed by atoms with Crippen LogP contribution in [0.15, 0.2) is 18.2 Å². The van der Waals surface area contributed by atoms with E-state index in [1.54, 1.807) is 7.05 Å². The quantitative estimate of drug-likeness (QED) is 0.894. The van der Waals surface area contributed by atoms with Crippen molar-refractivity contribution >= 4 is 10.2 Å². The molecule has 1 aliphatic heterocycles. The minimum Gasteiger partial charge on any atom is -0.454 e. The Kier molecular flexibility index (Phi) is 4.79. The van der Waals surface area contributed by atoms with Crippen molar-refractivity contribution in [1.82, 2.24) is 9.03 Å². The molecule has 0 aromatic heterocycles. The average Bonchev–Trinajstić information content (AvgIpc) is 3.02. The topological polar surface area (TPSA) is 67.9 Å². The molecule has 0 spiro atoms. The summed E-state index contributed by atoms with van der Waals surface area (Å²) in [7, 11) is -1.84. The van der Waals surface area contributed by atoms with Crippen molar-refractivity contribution in [2.45, 2.75) is 51.1 Å². The molecule has 1 aliphatic carbocycles. The molecule has 1 N–H and O–H groups in total. The molecule has 0 saturated heterocycles. The number of fused-ring (bicyclic) bond motifs is 1. The van der Waals surface area contributed by atoms with Crippen LogP contribution in [0.5, 0.6) is 11.5 Å². The van der Waals surface area contributed by atoms with Crippen LogP contribution in [0.2, 0.25) is 0 Å². The Balaban J connectivity index is 1.69. The summed E-state index contributed by atoms with van der Waals surface area (Å²) in [6, 6.07) is 5.27. The largest absolute Gasteiger partial charge is 0.454 e. The minimum absolute atomic E-state index is 0.102. The van der Waals surface area contributed by atoms with E-state index in [1.165, 1.54) is 10.7 Å². The maximum Gasteiger partial charge on any atom is 0.279 e. The second kappa shape index (κ2) is 6.67. The molecule has 1 fully saturated rings. The lowest BCUT2D eigenvalue weighted by molar-refractivity contribution is 0.174. The van der Waals surface area contributed by atoms with Gasteiger partial charge in [-0.05, 0) is 37.5 Å². The lowest BCUT2D eigenvalue weighted by Gasteiger charge is -2.31. The van der Waals surface area contributed by atoms with Gasteiger partial charge < -0.3 is 9.47 Å². The Morgan fingerprint density at radius 3 is 2.61 bits per heavy atom. The van der Waals surface area contributed by atoms with Crippen LogP contribution in [-0.2, 0) is 10.2 Å². The van der Waals surface area contributed by atoms with E-state index in [4.69, 9.17) is 9.47 Å². The van der Waals surface area contributed by atoms with Crippen LogP contribution in [-0.4, -0.2) is 32.6 Å². The zero-order valence-electron chi connectivity index (χ0n) is 13.6. The number of nitrogens with zero attached hydrogens (tertiary/aromatic N) is 1. The van der Waals surface area contributed by atoms with E-state index >= 15 is 0 Å². The van der Waals surface area contributed by atoms with E-state index in [2.05, 4.69) is 4.72 Å². The molecule has 7 heteroatoms. The van der Waals surface area contributed by atoms with Gasteiger partial charge >= 0.3 is 0 Å². The van der Waals surface area contributed by atoms with Crippen molar-refractivity contribution in [3.63, 3.8) is 0 Å². The summed E-state index contributed by atoms with van der Waals surface area (Å²) in [6.07, 6.45) is 5.28. The molecule has 1 saturated carbocycles. The van der Waals surface area contributed by atoms with Crippen LogP contribution in [0, 0.1) is 0 Å². The molecule has 23 heavy (non-hydrogen) atoms. The third kappa shape index (κ3) is 3.62. The maximum atomic E-state index is 12.6. The first kappa shape index (κ1) is 16.5. The summed E-state index contributed by atoms with van der Waals surface area (Å²) in [5.74, 6) is 1.36. The summed E-state index contributed by atoms with van der Waals surface area (Å²) in [4.78, 5) is 0. The molecular weight excluding hydrogens is 316 g/mol. The first-order valence-electron chi connectivity index (χ1n) is 8.12. The average molecular weight is 340 g/mol. The van der Waals surface area contributed by atoms with Crippen LogP contribution >= 0.6 is 0 Å². The van der Waals surface area contributed by atoms with Crippen molar-refractivity contribution in [2.75, 3.05) is 13.8 Å². The Morgan fingerprint density at radius 1 is 1.17 bits per heavy atom. The lowest BCUT2D eigenvalue weighted by Crippen LogP contribution is -2.45. The van der Waals surface area contributed by atoms with Gasteiger partial charge in [-0.1, -0.05) is 25.3 Å². The summed E-state index contributed by atoms with van der Waals surface area (Å²) < 4.78 is 40.1. The molecule has 2 aliphatic rings. The predicted octanol–water partition coefficient (Wildman–Crippen LogP) is 2.58. The number of hydrogen-bond acceptors (Lipinski definition) is 4. The second-order valence-electron chi connectivity index (χ2n) is 6.27. The third-order valence-corrected chi connectivity index (χ3v) is 6.40. The maximum absolute atomic E-state index is 12.6. The van der Waals surface area contributed by atoms with Gasteiger partial charge in [0.05, 0.1) is 0 Å². The van der Waals surface area contributed by atoms with Crippen LogP contribution in [0.1, 0.15) is 50.6 Å². The zero-order valence-corrected chi connectivity index (χ0v) is 14.4. The van der Waals surface area contributed by atoms with Crippen molar-refractivity contribution in [3.8, 4) is 11.5 Å². The van der Waals surface area contributed by atoms with Gasteiger partial charge in [0.25, 0.3) is 10.2 Å². The number of nitrogens with one attached hydrogen (secondary N) is 1.